The molecule has 1 N–H and O–H groups in total. The number of fused-ring (bicyclic) bond motifs is 2. The minimum atomic E-state index is -0.500. The van der Waals surface area contributed by atoms with E-state index in [9.17, 15) is 14.7 Å². The van der Waals surface area contributed by atoms with Crippen molar-refractivity contribution in [3.63, 3.8) is 0 Å². The lowest BCUT2D eigenvalue weighted by Crippen LogP contribution is -2.36. The van der Waals surface area contributed by atoms with Crippen LogP contribution >= 0.6 is 11.8 Å². The number of anilines is 1. The number of hydrogen-bond donors (Lipinski definition) is 1. The highest BCUT2D eigenvalue weighted by molar-refractivity contribution is 8.00. The smallest absolute Gasteiger partial charge is 0.310 e. The van der Waals surface area contributed by atoms with Gasteiger partial charge in [-0.15, -0.1) is 11.8 Å². The monoisotopic (exact) mass is 411 g/mol. The van der Waals surface area contributed by atoms with Crippen molar-refractivity contribution in [2.75, 3.05) is 18.1 Å². The minimum Gasteiger partial charge on any atom is -0.508 e. The Morgan fingerprint density at radius 3 is 2.97 bits per heavy atom. The first kappa shape index (κ1) is 19.4. The largest absolute Gasteiger partial charge is 0.508 e. The Morgan fingerprint density at radius 2 is 2.10 bits per heavy atom. The van der Waals surface area contributed by atoms with Gasteiger partial charge in [-0.3, -0.25) is 9.59 Å². The second-order valence-electron chi connectivity index (χ2n) is 7.01. The van der Waals surface area contributed by atoms with E-state index >= 15 is 0 Å². The molecule has 2 aromatic carbocycles. The number of thioether (sulfide) groups is 1. The van der Waals surface area contributed by atoms with Gasteiger partial charge in [0, 0.05) is 33.7 Å². The molecule has 0 spiro atoms. The van der Waals surface area contributed by atoms with E-state index in [0.717, 1.165) is 22.4 Å². The van der Waals surface area contributed by atoms with Crippen molar-refractivity contribution in [3.05, 3.63) is 54.3 Å². The van der Waals surface area contributed by atoms with E-state index in [0.29, 0.717) is 22.9 Å². The normalized spacial score (nSPS) is 16.3. The van der Waals surface area contributed by atoms with Crippen LogP contribution in [0.15, 0.2) is 58.0 Å². The lowest BCUT2D eigenvalue weighted by Gasteiger charge is -2.22. The van der Waals surface area contributed by atoms with Gasteiger partial charge >= 0.3 is 5.97 Å². The summed E-state index contributed by atoms with van der Waals surface area (Å²) in [7, 11) is 0. The number of ether oxygens (including phenoxy) is 1. The number of furan rings is 1. The summed E-state index contributed by atoms with van der Waals surface area (Å²) in [6, 6.07) is 12.5. The van der Waals surface area contributed by atoms with Crippen molar-refractivity contribution in [2.24, 2.45) is 0 Å². The number of para-hydroxylation sites is 1. The standard InChI is InChI=1S/C22H21NO5S/c1-14-8-9-23(18-4-2-3-5-20(18)29-14)21(25)13-28-22(26)10-15-12-27-19-11-16(24)6-7-17(15)19/h2-7,11-12,14,24H,8-10,13H2,1H3/t14-/m1/s1. The molecule has 1 aromatic heterocycles. The lowest BCUT2D eigenvalue weighted by atomic mass is 10.1. The highest BCUT2D eigenvalue weighted by Crippen LogP contribution is 2.37. The van der Waals surface area contributed by atoms with Crippen molar-refractivity contribution in [3.8, 4) is 5.75 Å². The van der Waals surface area contributed by atoms with Crippen LogP contribution in [0.1, 0.15) is 18.9 Å². The van der Waals surface area contributed by atoms with Crippen molar-refractivity contribution < 1.29 is 23.8 Å². The molecule has 2 heterocycles. The van der Waals surface area contributed by atoms with Gasteiger partial charge in [0.25, 0.3) is 5.91 Å². The Morgan fingerprint density at radius 1 is 1.28 bits per heavy atom. The zero-order chi connectivity index (χ0) is 20.4. The molecule has 0 unspecified atom stereocenters. The zero-order valence-electron chi connectivity index (χ0n) is 16.0. The molecule has 4 rings (SSSR count). The van der Waals surface area contributed by atoms with Crippen LogP contribution in [0.3, 0.4) is 0 Å². The number of hydrogen-bond acceptors (Lipinski definition) is 6. The van der Waals surface area contributed by atoms with Crippen LogP contribution in [-0.2, 0) is 20.7 Å². The number of esters is 1. The Hall–Kier alpha value is -2.93. The number of amides is 1. The van der Waals surface area contributed by atoms with Crippen LogP contribution in [-0.4, -0.2) is 35.4 Å². The molecule has 6 nitrogen and oxygen atoms in total. The highest BCUT2D eigenvalue weighted by atomic mass is 32.2. The summed E-state index contributed by atoms with van der Waals surface area (Å²) in [5.41, 5.74) is 2.02. The SMILES string of the molecule is C[C@@H]1CCN(C(=O)COC(=O)Cc2coc3cc(O)ccc23)c2ccccc2S1. The predicted molar refractivity (Wildman–Crippen MR) is 111 cm³/mol. The average Bonchev–Trinajstić information content (AvgIpc) is 3.00. The van der Waals surface area contributed by atoms with Gasteiger partial charge in [0.15, 0.2) is 6.61 Å². The molecule has 29 heavy (non-hydrogen) atoms. The zero-order valence-corrected chi connectivity index (χ0v) is 16.8. The first-order valence-corrected chi connectivity index (χ1v) is 10.3. The number of carbonyl (C=O) groups excluding carboxylic acids is 2. The van der Waals surface area contributed by atoms with Crippen LogP contribution in [0.2, 0.25) is 0 Å². The summed E-state index contributed by atoms with van der Waals surface area (Å²) in [5, 5.41) is 10.6. The molecule has 0 saturated heterocycles. The number of phenols is 1. The molecule has 0 bridgehead atoms. The van der Waals surface area contributed by atoms with Crippen LogP contribution in [0, 0.1) is 0 Å². The molecular formula is C22H21NO5S. The molecule has 1 amide bonds. The number of nitrogens with zero attached hydrogens (tertiary/aromatic N) is 1. The van der Waals surface area contributed by atoms with Crippen molar-refractivity contribution in [2.45, 2.75) is 29.9 Å². The van der Waals surface area contributed by atoms with Gasteiger partial charge in [-0.1, -0.05) is 19.1 Å². The first-order chi connectivity index (χ1) is 14.0. The van der Waals surface area contributed by atoms with Gasteiger partial charge in [0.2, 0.25) is 0 Å². The number of aromatic hydroxyl groups is 1. The predicted octanol–water partition coefficient (Wildman–Crippen LogP) is 4.14. The van der Waals surface area contributed by atoms with E-state index in [2.05, 4.69) is 6.92 Å². The minimum absolute atomic E-state index is 0.00543. The third-order valence-electron chi connectivity index (χ3n) is 4.88. The third-order valence-corrected chi connectivity index (χ3v) is 6.11. The van der Waals surface area contributed by atoms with E-state index in [1.807, 2.05) is 24.3 Å². The summed E-state index contributed by atoms with van der Waals surface area (Å²) in [4.78, 5) is 27.8. The maximum atomic E-state index is 12.8. The molecule has 150 valence electrons. The average molecular weight is 411 g/mol. The summed E-state index contributed by atoms with van der Waals surface area (Å²) in [6.45, 7) is 2.44. The van der Waals surface area contributed by atoms with Gasteiger partial charge in [0.05, 0.1) is 18.4 Å². The summed E-state index contributed by atoms with van der Waals surface area (Å²) >= 11 is 1.75. The lowest BCUT2D eigenvalue weighted by molar-refractivity contribution is -0.147. The molecule has 0 saturated carbocycles. The molecule has 0 radical (unpaired) electrons. The maximum Gasteiger partial charge on any atom is 0.310 e. The maximum absolute atomic E-state index is 12.8. The van der Waals surface area contributed by atoms with Gasteiger partial charge in [-0.25, -0.2) is 0 Å². The number of carbonyl (C=O) groups is 2. The topological polar surface area (TPSA) is 80.0 Å². The fourth-order valence-corrected chi connectivity index (χ4v) is 4.49. The van der Waals surface area contributed by atoms with E-state index in [1.54, 1.807) is 22.7 Å². The summed E-state index contributed by atoms with van der Waals surface area (Å²) < 4.78 is 10.6. The van der Waals surface area contributed by atoms with E-state index in [4.69, 9.17) is 9.15 Å². The van der Waals surface area contributed by atoms with E-state index < -0.39 is 5.97 Å². The van der Waals surface area contributed by atoms with Crippen LogP contribution in [0.5, 0.6) is 5.75 Å². The molecule has 0 fully saturated rings. The summed E-state index contributed by atoms with van der Waals surface area (Å²) in [6.07, 6.45) is 2.33. The Bertz CT molecular complexity index is 1060. The van der Waals surface area contributed by atoms with E-state index in [1.165, 1.54) is 18.4 Å². The van der Waals surface area contributed by atoms with Crippen molar-refractivity contribution in [1.29, 1.82) is 0 Å². The van der Waals surface area contributed by atoms with Crippen LogP contribution in [0.4, 0.5) is 5.69 Å². The van der Waals surface area contributed by atoms with Crippen molar-refractivity contribution in [1.82, 2.24) is 0 Å². The fraction of sp³-hybridized carbons (Fsp3) is 0.273. The summed E-state index contributed by atoms with van der Waals surface area (Å²) in [5.74, 6) is -0.640. The van der Waals surface area contributed by atoms with E-state index in [-0.39, 0.29) is 24.7 Å². The second kappa shape index (κ2) is 8.21. The number of rotatable bonds is 4. The van der Waals surface area contributed by atoms with Gasteiger partial charge in [0.1, 0.15) is 11.3 Å². The quantitative estimate of drug-likeness (QED) is 0.650. The molecule has 3 aromatic rings. The van der Waals surface area contributed by atoms with Gasteiger partial charge in [-0.2, -0.15) is 0 Å². The number of benzene rings is 2. The Balaban J connectivity index is 1.41. The second-order valence-corrected chi connectivity index (χ2v) is 8.49. The van der Waals surface area contributed by atoms with Crippen LogP contribution in [0.25, 0.3) is 11.0 Å². The number of phenolic OH excluding ortho intramolecular Hbond substituents is 1. The first-order valence-electron chi connectivity index (χ1n) is 9.42. The molecular weight excluding hydrogens is 390 g/mol. The van der Waals surface area contributed by atoms with Crippen LogP contribution < -0.4 is 4.90 Å². The van der Waals surface area contributed by atoms with Gasteiger partial charge in [-0.05, 0) is 30.7 Å². The Labute approximate surface area is 172 Å². The molecule has 1 aliphatic rings. The van der Waals surface area contributed by atoms with Crippen molar-refractivity contribution >= 4 is 40.3 Å². The third kappa shape index (κ3) is 4.24. The molecule has 1 atom stereocenters. The Kier molecular flexibility index (Phi) is 5.49. The highest BCUT2D eigenvalue weighted by Gasteiger charge is 2.25. The molecule has 1 aliphatic heterocycles. The fourth-order valence-electron chi connectivity index (χ4n) is 3.38. The molecule has 7 heteroatoms. The van der Waals surface area contributed by atoms with Gasteiger partial charge < -0.3 is 19.2 Å². The molecule has 0 aliphatic carbocycles.